The number of esters is 1. The molecule has 0 unspecified atom stereocenters. The first kappa shape index (κ1) is 18.9. The lowest BCUT2D eigenvalue weighted by atomic mass is 9.79. The number of carbonyl (C=O) groups is 2. The number of rotatable bonds is 9. The average Bonchev–Trinajstić information content (AvgIpc) is 2.56. The maximum Gasteiger partial charge on any atom is 0.307 e. The summed E-state index contributed by atoms with van der Waals surface area (Å²) >= 11 is 0. The van der Waals surface area contributed by atoms with Gasteiger partial charge in [0.05, 0.1) is 20.1 Å². The van der Waals surface area contributed by atoms with Gasteiger partial charge in [-0.1, -0.05) is 26.2 Å². The highest BCUT2D eigenvalue weighted by molar-refractivity contribution is 5.79. The van der Waals surface area contributed by atoms with Crippen molar-refractivity contribution in [1.82, 2.24) is 4.90 Å². The summed E-state index contributed by atoms with van der Waals surface area (Å²) in [6.07, 6.45) is 8.10. The Morgan fingerprint density at radius 2 is 1.86 bits per heavy atom. The van der Waals surface area contributed by atoms with Gasteiger partial charge in [-0.25, -0.2) is 0 Å². The third kappa shape index (κ3) is 6.34. The third-order valence-corrected chi connectivity index (χ3v) is 4.66. The minimum Gasteiger partial charge on any atom is -0.469 e. The van der Waals surface area contributed by atoms with Crippen LogP contribution < -0.4 is 0 Å². The Morgan fingerprint density at radius 3 is 2.41 bits per heavy atom. The molecule has 0 spiro atoms. The van der Waals surface area contributed by atoms with E-state index in [1.807, 2.05) is 0 Å². The zero-order chi connectivity index (χ0) is 16.4. The van der Waals surface area contributed by atoms with E-state index in [1.54, 1.807) is 4.90 Å². The molecule has 1 amide bonds. The highest BCUT2D eigenvalue weighted by atomic mass is 16.5. The normalized spacial score (nSPS) is 21.4. The summed E-state index contributed by atoms with van der Waals surface area (Å²) in [6.45, 7) is 2.77. The Bertz CT molecular complexity index is 338. The summed E-state index contributed by atoms with van der Waals surface area (Å²) in [7, 11) is 1.35. The predicted octanol–water partition coefficient (Wildman–Crippen LogP) is 2.37. The van der Waals surface area contributed by atoms with Crippen LogP contribution in [0.5, 0.6) is 0 Å². The number of hydrogen-bond donors (Lipinski definition) is 1. The van der Waals surface area contributed by atoms with Crippen molar-refractivity contribution in [3.05, 3.63) is 0 Å². The zero-order valence-electron chi connectivity index (χ0n) is 14.1. The topological polar surface area (TPSA) is 66.8 Å². The zero-order valence-corrected chi connectivity index (χ0v) is 14.1. The fourth-order valence-corrected chi connectivity index (χ4v) is 3.23. The van der Waals surface area contributed by atoms with Gasteiger partial charge in [-0.05, 0) is 31.6 Å². The molecule has 1 N–H and O–H groups in total. The molecule has 22 heavy (non-hydrogen) atoms. The largest absolute Gasteiger partial charge is 0.469 e. The van der Waals surface area contributed by atoms with E-state index in [1.165, 1.54) is 26.4 Å². The SMILES string of the molecule is CCCCC1CCC(C(=O)N(CCO)CCC(=O)OC)CC1. The average molecular weight is 313 g/mol. The molecule has 0 radical (unpaired) electrons. The number of aliphatic hydroxyl groups is 1. The first-order valence-electron chi connectivity index (χ1n) is 8.58. The van der Waals surface area contributed by atoms with Crippen molar-refractivity contribution >= 4 is 11.9 Å². The van der Waals surface area contributed by atoms with Crippen LogP contribution in [0.25, 0.3) is 0 Å². The Labute approximate surface area is 134 Å². The molecule has 1 fully saturated rings. The van der Waals surface area contributed by atoms with E-state index < -0.39 is 0 Å². The number of hydrogen-bond acceptors (Lipinski definition) is 4. The van der Waals surface area contributed by atoms with E-state index in [2.05, 4.69) is 11.7 Å². The molecule has 0 bridgehead atoms. The highest BCUT2D eigenvalue weighted by Gasteiger charge is 2.29. The molecule has 0 aromatic carbocycles. The second kappa shape index (κ2) is 10.6. The van der Waals surface area contributed by atoms with Gasteiger partial charge in [0, 0.05) is 19.0 Å². The van der Waals surface area contributed by atoms with E-state index in [0.29, 0.717) is 13.1 Å². The van der Waals surface area contributed by atoms with E-state index >= 15 is 0 Å². The number of ether oxygens (including phenoxy) is 1. The fourth-order valence-electron chi connectivity index (χ4n) is 3.23. The molecule has 0 atom stereocenters. The van der Waals surface area contributed by atoms with Gasteiger partial charge < -0.3 is 14.7 Å². The maximum absolute atomic E-state index is 12.6. The van der Waals surface area contributed by atoms with E-state index in [4.69, 9.17) is 5.11 Å². The van der Waals surface area contributed by atoms with Crippen molar-refractivity contribution in [2.45, 2.75) is 58.3 Å². The Hall–Kier alpha value is -1.10. The van der Waals surface area contributed by atoms with Crippen molar-refractivity contribution in [2.75, 3.05) is 26.8 Å². The smallest absolute Gasteiger partial charge is 0.307 e. The van der Waals surface area contributed by atoms with Crippen molar-refractivity contribution in [1.29, 1.82) is 0 Å². The molecular formula is C17H31NO4. The highest BCUT2D eigenvalue weighted by Crippen LogP contribution is 2.32. The lowest BCUT2D eigenvalue weighted by Crippen LogP contribution is -2.40. The summed E-state index contributed by atoms with van der Waals surface area (Å²) in [5.74, 6) is 0.596. The monoisotopic (exact) mass is 313 g/mol. The van der Waals surface area contributed by atoms with Crippen molar-refractivity contribution in [3.63, 3.8) is 0 Å². The van der Waals surface area contributed by atoms with Gasteiger partial charge in [-0.2, -0.15) is 0 Å². The van der Waals surface area contributed by atoms with Crippen molar-refractivity contribution in [2.24, 2.45) is 11.8 Å². The van der Waals surface area contributed by atoms with Crippen LogP contribution in [0.15, 0.2) is 0 Å². The lowest BCUT2D eigenvalue weighted by molar-refractivity contribution is -0.143. The lowest BCUT2D eigenvalue weighted by Gasteiger charge is -2.32. The van der Waals surface area contributed by atoms with Crippen LogP contribution in [0.2, 0.25) is 0 Å². The van der Waals surface area contributed by atoms with Crippen LogP contribution in [0.4, 0.5) is 0 Å². The Kier molecular flexibility index (Phi) is 9.13. The molecule has 1 aliphatic rings. The van der Waals surface area contributed by atoms with Crippen LogP contribution in [-0.4, -0.2) is 48.7 Å². The minimum absolute atomic E-state index is 0.0575. The van der Waals surface area contributed by atoms with E-state index in [9.17, 15) is 9.59 Å². The predicted molar refractivity (Wildman–Crippen MR) is 85.3 cm³/mol. The molecular weight excluding hydrogens is 282 g/mol. The molecule has 0 aromatic rings. The molecule has 1 aliphatic carbocycles. The van der Waals surface area contributed by atoms with E-state index in [-0.39, 0.29) is 30.8 Å². The molecule has 5 nitrogen and oxygen atoms in total. The number of amides is 1. The number of carbonyl (C=O) groups excluding carboxylic acids is 2. The molecule has 0 aromatic heterocycles. The first-order chi connectivity index (χ1) is 10.6. The van der Waals surface area contributed by atoms with Crippen LogP contribution in [-0.2, 0) is 14.3 Å². The number of nitrogens with zero attached hydrogens (tertiary/aromatic N) is 1. The molecule has 5 heteroatoms. The van der Waals surface area contributed by atoms with Crippen LogP contribution in [0.1, 0.15) is 58.3 Å². The number of aliphatic hydroxyl groups excluding tert-OH is 1. The van der Waals surface area contributed by atoms with Gasteiger partial charge >= 0.3 is 5.97 Å². The van der Waals surface area contributed by atoms with Crippen molar-refractivity contribution in [3.8, 4) is 0 Å². The van der Waals surface area contributed by atoms with Crippen LogP contribution >= 0.6 is 0 Å². The summed E-state index contributed by atoms with van der Waals surface area (Å²) < 4.78 is 4.62. The molecule has 0 heterocycles. The minimum atomic E-state index is -0.320. The second-order valence-corrected chi connectivity index (χ2v) is 6.23. The maximum atomic E-state index is 12.6. The van der Waals surface area contributed by atoms with Crippen LogP contribution in [0.3, 0.4) is 0 Å². The van der Waals surface area contributed by atoms with Crippen LogP contribution in [0, 0.1) is 11.8 Å². The number of methoxy groups -OCH3 is 1. The summed E-state index contributed by atoms with van der Waals surface area (Å²) in [5, 5.41) is 9.14. The first-order valence-corrected chi connectivity index (χ1v) is 8.58. The fraction of sp³-hybridized carbons (Fsp3) is 0.882. The second-order valence-electron chi connectivity index (χ2n) is 6.23. The third-order valence-electron chi connectivity index (χ3n) is 4.66. The molecule has 1 saturated carbocycles. The van der Waals surface area contributed by atoms with Gasteiger partial charge in [0.15, 0.2) is 0 Å². The summed E-state index contributed by atoms with van der Waals surface area (Å²) in [5.41, 5.74) is 0. The molecule has 128 valence electrons. The Balaban J connectivity index is 2.44. The molecule has 0 aliphatic heterocycles. The quantitative estimate of drug-likeness (QED) is 0.664. The van der Waals surface area contributed by atoms with Crippen molar-refractivity contribution < 1.29 is 19.4 Å². The number of unbranched alkanes of at least 4 members (excludes halogenated alkanes) is 1. The van der Waals surface area contributed by atoms with E-state index in [0.717, 1.165) is 31.6 Å². The molecule has 1 rings (SSSR count). The van der Waals surface area contributed by atoms with Gasteiger partial charge in [0.2, 0.25) is 5.91 Å². The Morgan fingerprint density at radius 1 is 1.18 bits per heavy atom. The molecule has 0 saturated heterocycles. The summed E-state index contributed by atoms with van der Waals surface area (Å²) in [6, 6.07) is 0. The van der Waals surface area contributed by atoms with Gasteiger partial charge in [0.1, 0.15) is 0 Å². The van der Waals surface area contributed by atoms with Gasteiger partial charge in [-0.3, -0.25) is 9.59 Å². The standard InChI is InChI=1S/C17H31NO4/c1-3-4-5-14-6-8-15(9-7-14)17(21)18(12-13-19)11-10-16(20)22-2/h14-15,19H,3-13H2,1-2H3. The summed E-state index contributed by atoms with van der Waals surface area (Å²) in [4.78, 5) is 25.4. The van der Waals surface area contributed by atoms with Gasteiger partial charge in [-0.15, -0.1) is 0 Å². The van der Waals surface area contributed by atoms with Gasteiger partial charge in [0.25, 0.3) is 0 Å².